The lowest BCUT2D eigenvalue weighted by Gasteiger charge is -2.13. The van der Waals surface area contributed by atoms with Gasteiger partial charge in [0.1, 0.15) is 5.75 Å². The van der Waals surface area contributed by atoms with Gasteiger partial charge in [0.15, 0.2) is 5.13 Å². The molecule has 0 aliphatic carbocycles. The molecule has 1 aliphatic heterocycles. The zero-order valence-corrected chi connectivity index (χ0v) is 12.7. The van der Waals surface area contributed by atoms with Crippen LogP contribution in [-0.2, 0) is 4.74 Å². The first-order chi connectivity index (χ1) is 9.76. The average molecular weight is 292 g/mol. The van der Waals surface area contributed by atoms with Crippen molar-refractivity contribution in [1.29, 1.82) is 0 Å². The van der Waals surface area contributed by atoms with Gasteiger partial charge in [-0.05, 0) is 38.5 Å². The van der Waals surface area contributed by atoms with Crippen LogP contribution in [0.1, 0.15) is 20.3 Å². The molecule has 0 spiro atoms. The van der Waals surface area contributed by atoms with Crippen molar-refractivity contribution in [2.24, 2.45) is 5.92 Å². The predicted octanol–water partition coefficient (Wildman–Crippen LogP) is 3.53. The van der Waals surface area contributed by atoms with Crippen LogP contribution in [0.25, 0.3) is 10.2 Å². The van der Waals surface area contributed by atoms with Gasteiger partial charge >= 0.3 is 0 Å². The Bertz CT molecular complexity index is 584. The largest absolute Gasteiger partial charge is 0.494 e. The van der Waals surface area contributed by atoms with Crippen LogP contribution in [0, 0.1) is 5.92 Å². The Hall–Kier alpha value is -1.33. The quantitative estimate of drug-likeness (QED) is 0.915. The maximum absolute atomic E-state index is 5.58. The van der Waals surface area contributed by atoms with E-state index < -0.39 is 0 Å². The van der Waals surface area contributed by atoms with Crippen LogP contribution in [0.3, 0.4) is 0 Å². The number of nitrogens with one attached hydrogen (secondary N) is 1. The predicted molar refractivity (Wildman–Crippen MR) is 82.8 cm³/mol. The molecule has 2 aromatic rings. The summed E-state index contributed by atoms with van der Waals surface area (Å²) in [6.45, 7) is 6.64. The van der Waals surface area contributed by atoms with Crippen molar-refractivity contribution in [2.75, 3.05) is 25.1 Å². The number of nitrogens with zero attached hydrogens (tertiary/aromatic N) is 1. The van der Waals surface area contributed by atoms with Crippen molar-refractivity contribution in [3.63, 3.8) is 0 Å². The minimum atomic E-state index is 0.349. The van der Waals surface area contributed by atoms with E-state index in [-0.39, 0.29) is 0 Å². The van der Waals surface area contributed by atoms with Crippen molar-refractivity contribution in [3.05, 3.63) is 18.2 Å². The van der Waals surface area contributed by atoms with Gasteiger partial charge in [-0.15, -0.1) is 0 Å². The number of hydrogen-bond donors (Lipinski definition) is 1. The van der Waals surface area contributed by atoms with E-state index in [1.807, 2.05) is 19.1 Å². The molecule has 0 bridgehead atoms. The summed E-state index contributed by atoms with van der Waals surface area (Å²) in [4.78, 5) is 4.61. The van der Waals surface area contributed by atoms with Crippen molar-refractivity contribution in [1.82, 2.24) is 4.98 Å². The summed E-state index contributed by atoms with van der Waals surface area (Å²) >= 11 is 1.68. The van der Waals surface area contributed by atoms with Gasteiger partial charge in [-0.3, -0.25) is 0 Å². The highest BCUT2D eigenvalue weighted by molar-refractivity contribution is 7.22. The number of rotatable bonds is 5. The van der Waals surface area contributed by atoms with Crippen LogP contribution < -0.4 is 10.1 Å². The number of hydrogen-bond acceptors (Lipinski definition) is 5. The molecule has 1 N–H and O–H groups in total. The van der Waals surface area contributed by atoms with Gasteiger partial charge in [-0.1, -0.05) is 11.3 Å². The summed E-state index contributed by atoms with van der Waals surface area (Å²) in [6, 6.07) is 6.05. The standard InChI is InChI=1S/C15H20N2O2S/c1-3-18-12-4-5-13-14(8-12)20-15(17-13)16-9-11-6-7-19-10(11)2/h4-5,8,10-11H,3,6-7,9H2,1-2H3,(H,16,17). The lowest BCUT2D eigenvalue weighted by atomic mass is 10.0. The molecule has 20 heavy (non-hydrogen) atoms. The van der Waals surface area contributed by atoms with Crippen LogP contribution in [0.5, 0.6) is 5.75 Å². The fourth-order valence-corrected chi connectivity index (χ4v) is 3.40. The molecule has 108 valence electrons. The number of benzene rings is 1. The third-order valence-electron chi connectivity index (χ3n) is 3.72. The second kappa shape index (κ2) is 5.97. The van der Waals surface area contributed by atoms with Crippen molar-refractivity contribution in [3.8, 4) is 5.75 Å². The summed E-state index contributed by atoms with van der Waals surface area (Å²) in [7, 11) is 0. The first-order valence-corrected chi connectivity index (χ1v) is 7.97. The Labute approximate surface area is 123 Å². The minimum Gasteiger partial charge on any atom is -0.494 e. The van der Waals surface area contributed by atoms with Gasteiger partial charge in [-0.2, -0.15) is 0 Å². The number of fused-ring (bicyclic) bond motifs is 1. The molecule has 2 heterocycles. The van der Waals surface area contributed by atoms with Gasteiger partial charge in [-0.25, -0.2) is 4.98 Å². The van der Waals surface area contributed by atoms with Crippen molar-refractivity contribution in [2.45, 2.75) is 26.4 Å². The molecule has 5 heteroatoms. The number of thiazole rings is 1. The Morgan fingerprint density at radius 2 is 2.40 bits per heavy atom. The van der Waals surface area contributed by atoms with Gasteiger partial charge < -0.3 is 14.8 Å². The first-order valence-electron chi connectivity index (χ1n) is 7.15. The monoisotopic (exact) mass is 292 g/mol. The average Bonchev–Trinajstić information content (AvgIpc) is 3.02. The van der Waals surface area contributed by atoms with E-state index in [4.69, 9.17) is 9.47 Å². The second-order valence-corrected chi connectivity index (χ2v) is 6.12. The van der Waals surface area contributed by atoms with E-state index in [0.29, 0.717) is 18.6 Å². The first kappa shape index (κ1) is 13.6. The molecule has 1 fully saturated rings. The van der Waals surface area contributed by atoms with Crippen molar-refractivity contribution < 1.29 is 9.47 Å². The molecule has 2 unspecified atom stereocenters. The minimum absolute atomic E-state index is 0.349. The molecule has 1 aromatic carbocycles. The van der Waals surface area contributed by atoms with E-state index in [1.165, 1.54) is 0 Å². The van der Waals surface area contributed by atoms with Crippen LogP contribution in [0.2, 0.25) is 0 Å². The van der Waals surface area contributed by atoms with Gasteiger partial charge in [0.25, 0.3) is 0 Å². The number of anilines is 1. The maximum atomic E-state index is 5.58. The summed E-state index contributed by atoms with van der Waals surface area (Å²) in [5, 5.41) is 4.42. The molecule has 0 amide bonds. The smallest absolute Gasteiger partial charge is 0.183 e. The topological polar surface area (TPSA) is 43.4 Å². The van der Waals surface area contributed by atoms with Crippen LogP contribution in [0.15, 0.2) is 18.2 Å². The molecule has 1 saturated heterocycles. The summed E-state index contributed by atoms with van der Waals surface area (Å²) in [5.41, 5.74) is 1.02. The molecule has 1 aromatic heterocycles. The van der Waals surface area contributed by atoms with Gasteiger partial charge in [0, 0.05) is 19.1 Å². The van der Waals surface area contributed by atoms with E-state index in [9.17, 15) is 0 Å². The van der Waals surface area contributed by atoms with E-state index in [1.54, 1.807) is 11.3 Å². The Kier molecular flexibility index (Phi) is 4.08. The van der Waals surface area contributed by atoms with Gasteiger partial charge in [0.2, 0.25) is 0 Å². The third kappa shape index (κ3) is 2.88. The van der Waals surface area contributed by atoms with Crippen LogP contribution >= 0.6 is 11.3 Å². The van der Waals surface area contributed by atoms with Crippen LogP contribution in [-0.4, -0.2) is 30.8 Å². The molecule has 1 aliphatic rings. The fraction of sp³-hybridized carbons (Fsp3) is 0.533. The van der Waals surface area contributed by atoms with E-state index in [2.05, 4.69) is 23.3 Å². The van der Waals surface area contributed by atoms with E-state index in [0.717, 1.165) is 40.7 Å². The summed E-state index contributed by atoms with van der Waals surface area (Å²) in [6.07, 6.45) is 1.48. The number of ether oxygens (including phenoxy) is 2. The molecular formula is C15H20N2O2S. The fourth-order valence-electron chi connectivity index (χ4n) is 2.50. The van der Waals surface area contributed by atoms with E-state index >= 15 is 0 Å². The zero-order chi connectivity index (χ0) is 13.9. The normalized spacial score (nSPS) is 22.3. The highest BCUT2D eigenvalue weighted by Gasteiger charge is 2.24. The third-order valence-corrected chi connectivity index (χ3v) is 4.70. The molecule has 3 rings (SSSR count). The molecule has 2 atom stereocenters. The van der Waals surface area contributed by atoms with Crippen LogP contribution in [0.4, 0.5) is 5.13 Å². The van der Waals surface area contributed by atoms with Crippen molar-refractivity contribution >= 4 is 26.7 Å². The Morgan fingerprint density at radius 3 is 3.15 bits per heavy atom. The van der Waals surface area contributed by atoms with Gasteiger partial charge in [0.05, 0.1) is 22.9 Å². The molecule has 0 radical (unpaired) electrons. The highest BCUT2D eigenvalue weighted by Crippen LogP contribution is 2.30. The molecular weight excluding hydrogens is 272 g/mol. The SMILES string of the molecule is CCOc1ccc2nc(NCC3CCOC3C)sc2c1. The maximum Gasteiger partial charge on any atom is 0.183 e. The Morgan fingerprint density at radius 1 is 1.50 bits per heavy atom. The zero-order valence-electron chi connectivity index (χ0n) is 11.9. The highest BCUT2D eigenvalue weighted by atomic mass is 32.1. The summed E-state index contributed by atoms with van der Waals surface area (Å²) < 4.78 is 12.3. The lowest BCUT2D eigenvalue weighted by Crippen LogP contribution is -2.20. The molecule has 4 nitrogen and oxygen atoms in total. The lowest BCUT2D eigenvalue weighted by molar-refractivity contribution is 0.108. The Balaban J connectivity index is 1.69. The number of aromatic nitrogens is 1. The summed E-state index contributed by atoms with van der Waals surface area (Å²) in [5.74, 6) is 1.49. The second-order valence-electron chi connectivity index (χ2n) is 5.09. The molecule has 0 saturated carbocycles.